The Labute approximate surface area is 211 Å². The predicted octanol–water partition coefficient (Wildman–Crippen LogP) is 5.27. The maximum atomic E-state index is 12.4. The Morgan fingerprint density at radius 1 is 0.800 bits per heavy atom. The number of piperidine rings is 2. The Kier molecular flexibility index (Phi) is 8.48. The van der Waals surface area contributed by atoms with Crippen molar-refractivity contribution >= 4 is 5.91 Å². The van der Waals surface area contributed by atoms with Crippen LogP contribution in [0.2, 0.25) is 0 Å². The number of nitrogens with one attached hydrogen (secondary N) is 1. The lowest BCUT2D eigenvalue weighted by atomic mass is 9.86. The van der Waals surface area contributed by atoms with Crippen LogP contribution in [0.5, 0.6) is 0 Å². The highest BCUT2D eigenvalue weighted by Crippen LogP contribution is 2.28. The largest absolute Gasteiger partial charge is 0.349 e. The molecule has 3 aliphatic rings. The number of likely N-dealkylation sites (tertiary alicyclic amines) is 2. The molecule has 188 valence electrons. The summed E-state index contributed by atoms with van der Waals surface area (Å²) < 4.78 is 0. The molecule has 1 saturated carbocycles. The van der Waals surface area contributed by atoms with Gasteiger partial charge in [-0.05, 0) is 112 Å². The third-order valence-electron chi connectivity index (χ3n) is 8.30. The summed E-state index contributed by atoms with van der Waals surface area (Å²) in [6.07, 6.45) is 15.7. The number of aromatic nitrogens is 1. The van der Waals surface area contributed by atoms with E-state index in [2.05, 4.69) is 44.4 Å². The van der Waals surface area contributed by atoms with Gasteiger partial charge >= 0.3 is 0 Å². The van der Waals surface area contributed by atoms with Crippen LogP contribution in [0, 0.1) is 11.8 Å². The fourth-order valence-electron chi connectivity index (χ4n) is 5.87. The Hall–Kier alpha value is -2.24. The molecule has 35 heavy (non-hydrogen) atoms. The molecule has 5 heteroatoms. The summed E-state index contributed by atoms with van der Waals surface area (Å²) in [4.78, 5) is 21.7. The Balaban J connectivity index is 0.958. The van der Waals surface area contributed by atoms with Crippen LogP contribution in [0.4, 0.5) is 0 Å². The first kappa shape index (κ1) is 24.5. The van der Waals surface area contributed by atoms with Crippen molar-refractivity contribution in [2.24, 2.45) is 11.8 Å². The SMILES string of the molecule is O=C(NC1CC1)c1cccc(CN2CCC(CCCC3CCN(Cc4ccncc4)CC3)CC2)c1. The van der Waals surface area contributed by atoms with E-state index in [1.54, 1.807) is 0 Å². The number of hydrogen-bond acceptors (Lipinski definition) is 4. The Morgan fingerprint density at radius 2 is 1.40 bits per heavy atom. The molecule has 2 aliphatic heterocycles. The van der Waals surface area contributed by atoms with Crippen molar-refractivity contribution in [1.82, 2.24) is 20.1 Å². The van der Waals surface area contributed by atoms with Gasteiger partial charge in [0.05, 0.1) is 0 Å². The van der Waals surface area contributed by atoms with Crippen LogP contribution in [0.25, 0.3) is 0 Å². The molecule has 1 aromatic carbocycles. The lowest BCUT2D eigenvalue weighted by molar-refractivity contribution is 0.0951. The molecule has 3 heterocycles. The van der Waals surface area contributed by atoms with Crippen molar-refractivity contribution in [3.05, 3.63) is 65.5 Å². The van der Waals surface area contributed by atoms with Gasteiger partial charge in [0.25, 0.3) is 5.91 Å². The van der Waals surface area contributed by atoms with Crippen molar-refractivity contribution in [2.75, 3.05) is 26.2 Å². The van der Waals surface area contributed by atoms with Crippen molar-refractivity contribution in [3.63, 3.8) is 0 Å². The summed E-state index contributed by atoms with van der Waals surface area (Å²) in [5.41, 5.74) is 3.46. The van der Waals surface area contributed by atoms with Crippen LogP contribution >= 0.6 is 0 Å². The summed E-state index contributed by atoms with van der Waals surface area (Å²) in [6, 6.07) is 12.9. The molecule has 5 rings (SSSR count). The number of benzene rings is 1. The maximum Gasteiger partial charge on any atom is 0.251 e. The molecule has 1 aromatic heterocycles. The van der Waals surface area contributed by atoms with Crippen LogP contribution in [0.1, 0.15) is 79.3 Å². The van der Waals surface area contributed by atoms with E-state index >= 15 is 0 Å². The fourth-order valence-corrected chi connectivity index (χ4v) is 5.87. The first-order valence-electron chi connectivity index (χ1n) is 13.9. The van der Waals surface area contributed by atoms with E-state index in [4.69, 9.17) is 0 Å². The molecule has 1 aliphatic carbocycles. The van der Waals surface area contributed by atoms with E-state index in [1.165, 1.54) is 82.3 Å². The molecule has 2 saturated heterocycles. The van der Waals surface area contributed by atoms with Gasteiger partial charge in [0.1, 0.15) is 0 Å². The third-order valence-corrected chi connectivity index (χ3v) is 8.30. The average Bonchev–Trinajstić information content (AvgIpc) is 3.71. The second kappa shape index (κ2) is 12.1. The predicted molar refractivity (Wildman–Crippen MR) is 141 cm³/mol. The molecule has 3 fully saturated rings. The summed E-state index contributed by atoms with van der Waals surface area (Å²) in [5, 5.41) is 3.10. The maximum absolute atomic E-state index is 12.4. The monoisotopic (exact) mass is 474 g/mol. The van der Waals surface area contributed by atoms with Crippen molar-refractivity contribution in [3.8, 4) is 0 Å². The summed E-state index contributed by atoms with van der Waals surface area (Å²) in [6.45, 7) is 6.91. The second-order valence-corrected chi connectivity index (χ2v) is 11.2. The van der Waals surface area contributed by atoms with Gasteiger partial charge in [0.2, 0.25) is 0 Å². The van der Waals surface area contributed by atoms with E-state index < -0.39 is 0 Å². The zero-order chi connectivity index (χ0) is 23.9. The van der Waals surface area contributed by atoms with Gasteiger partial charge in [-0.25, -0.2) is 0 Å². The van der Waals surface area contributed by atoms with Gasteiger partial charge in [-0.1, -0.05) is 31.4 Å². The number of hydrogen-bond donors (Lipinski definition) is 1. The highest BCUT2D eigenvalue weighted by Gasteiger charge is 2.24. The van der Waals surface area contributed by atoms with E-state index in [-0.39, 0.29) is 5.91 Å². The highest BCUT2D eigenvalue weighted by molar-refractivity contribution is 5.94. The van der Waals surface area contributed by atoms with Crippen LogP contribution < -0.4 is 5.32 Å². The van der Waals surface area contributed by atoms with Crippen LogP contribution in [-0.2, 0) is 13.1 Å². The number of carbonyl (C=O) groups is 1. The molecular formula is C30H42N4O. The number of rotatable bonds is 10. The minimum atomic E-state index is 0.0903. The molecule has 5 nitrogen and oxygen atoms in total. The lowest BCUT2D eigenvalue weighted by Crippen LogP contribution is -2.34. The summed E-state index contributed by atoms with van der Waals surface area (Å²) in [5.74, 6) is 1.91. The highest BCUT2D eigenvalue weighted by atomic mass is 16.1. The second-order valence-electron chi connectivity index (χ2n) is 11.2. The van der Waals surface area contributed by atoms with Gasteiger partial charge < -0.3 is 5.32 Å². The lowest BCUT2D eigenvalue weighted by Gasteiger charge is -2.33. The molecule has 0 radical (unpaired) electrons. The van der Waals surface area contributed by atoms with E-state index in [0.717, 1.165) is 43.3 Å². The molecule has 0 spiro atoms. The standard InChI is InChI=1S/C30H42N4O/c35-30(32-29-7-8-29)28-6-2-5-27(21-28)23-34-19-13-25(14-20-34)4-1-3-24-11-17-33(18-12-24)22-26-9-15-31-16-10-26/h2,5-6,9-10,15-16,21,24-25,29H,1,3-4,7-8,11-14,17-20,22-23H2,(H,32,35). The third kappa shape index (κ3) is 7.62. The Bertz CT molecular complexity index is 928. The van der Waals surface area contributed by atoms with E-state index in [1.807, 2.05) is 24.5 Å². The molecule has 0 bridgehead atoms. The van der Waals surface area contributed by atoms with Gasteiger partial charge in [-0.3, -0.25) is 19.6 Å². The smallest absolute Gasteiger partial charge is 0.251 e. The van der Waals surface area contributed by atoms with Crippen molar-refractivity contribution in [1.29, 1.82) is 0 Å². The molecule has 0 unspecified atom stereocenters. The minimum absolute atomic E-state index is 0.0903. The summed E-state index contributed by atoms with van der Waals surface area (Å²) in [7, 11) is 0. The fraction of sp³-hybridized carbons (Fsp3) is 0.600. The summed E-state index contributed by atoms with van der Waals surface area (Å²) >= 11 is 0. The first-order valence-corrected chi connectivity index (χ1v) is 13.9. The number of amides is 1. The van der Waals surface area contributed by atoms with Gasteiger partial charge in [0, 0.05) is 37.1 Å². The molecule has 1 N–H and O–H groups in total. The topological polar surface area (TPSA) is 48.5 Å². The first-order chi connectivity index (χ1) is 17.2. The molecule has 0 atom stereocenters. The van der Waals surface area contributed by atoms with Gasteiger partial charge in [0.15, 0.2) is 0 Å². The van der Waals surface area contributed by atoms with Crippen LogP contribution in [0.15, 0.2) is 48.8 Å². The number of carbonyl (C=O) groups excluding carboxylic acids is 1. The van der Waals surface area contributed by atoms with E-state index in [9.17, 15) is 4.79 Å². The van der Waals surface area contributed by atoms with Crippen LogP contribution in [-0.4, -0.2) is 52.9 Å². The van der Waals surface area contributed by atoms with Crippen LogP contribution in [0.3, 0.4) is 0 Å². The quantitative estimate of drug-likeness (QED) is 0.510. The number of nitrogens with zero attached hydrogens (tertiary/aromatic N) is 3. The average molecular weight is 475 g/mol. The van der Waals surface area contributed by atoms with Crippen molar-refractivity contribution in [2.45, 2.75) is 76.9 Å². The molecule has 2 aromatic rings. The zero-order valence-electron chi connectivity index (χ0n) is 21.2. The Morgan fingerprint density at radius 3 is 2.00 bits per heavy atom. The van der Waals surface area contributed by atoms with Gasteiger partial charge in [-0.2, -0.15) is 0 Å². The molecular weight excluding hydrogens is 432 g/mol. The number of pyridine rings is 1. The van der Waals surface area contributed by atoms with E-state index in [0.29, 0.717) is 6.04 Å². The molecule has 1 amide bonds. The minimum Gasteiger partial charge on any atom is -0.349 e. The zero-order valence-corrected chi connectivity index (χ0v) is 21.2. The van der Waals surface area contributed by atoms with Gasteiger partial charge in [-0.15, -0.1) is 0 Å². The van der Waals surface area contributed by atoms with Crippen molar-refractivity contribution < 1.29 is 4.79 Å². The normalized spacial score (nSPS) is 20.7.